The molecule has 0 bridgehead atoms. The average molecular weight is 524 g/mol. The minimum atomic E-state index is 0.299. The highest BCUT2D eigenvalue weighted by Gasteiger charge is 2.14. The molecule has 0 aliphatic carbocycles. The lowest BCUT2D eigenvalue weighted by Gasteiger charge is -2.14. The summed E-state index contributed by atoms with van der Waals surface area (Å²) in [6.07, 6.45) is 0. The van der Waals surface area contributed by atoms with Gasteiger partial charge in [0, 0.05) is 10.0 Å². The van der Waals surface area contributed by atoms with Gasteiger partial charge >= 0.3 is 0 Å². The summed E-state index contributed by atoms with van der Waals surface area (Å²) in [6, 6.07) is 24.8. The molecule has 0 unspecified atom stereocenters. The first-order valence-corrected chi connectivity index (χ1v) is 11.5. The second-order valence-corrected chi connectivity index (χ2v) is 8.78. The normalized spacial score (nSPS) is 11.4. The fraction of sp³-hybridized carbons (Fsp3) is 0.0435. The van der Waals surface area contributed by atoms with Crippen LogP contribution >= 0.6 is 39.9 Å². The van der Waals surface area contributed by atoms with E-state index in [0.717, 1.165) is 15.7 Å². The number of benzene rings is 3. The van der Waals surface area contributed by atoms with Crippen LogP contribution in [0.5, 0.6) is 5.75 Å². The first-order valence-electron chi connectivity index (χ1n) is 9.52. The van der Waals surface area contributed by atoms with E-state index in [2.05, 4.69) is 25.9 Å². The third kappa shape index (κ3) is 5.07. The molecule has 160 valence electrons. The summed E-state index contributed by atoms with van der Waals surface area (Å²) in [5.74, 6) is 1.16. The van der Waals surface area contributed by atoms with E-state index in [-0.39, 0.29) is 0 Å². The lowest BCUT2D eigenvalue weighted by Crippen LogP contribution is -2.13. The number of para-hydroxylation sites is 2. The Kier molecular flexibility index (Phi) is 6.99. The number of amidine groups is 1. The lowest BCUT2D eigenvalue weighted by molar-refractivity contribution is 0.416. The van der Waals surface area contributed by atoms with Crippen molar-refractivity contribution in [2.75, 3.05) is 7.11 Å². The Morgan fingerprint density at radius 3 is 2.41 bits per heavy atom. The van der Waals surface area contributed by atoms with Crippen LogP contribution in [0.4, 0.5) is 5.69 Å². The third-order valence-corrected chi connectivity index (χ3v) is 5.97. The lowest BCUT2D eigenvalue weighted by atomic mass is 10.2. The highest BCUT2D eigenvalue weighted by Crippen LogP contribution is 2.30. The van der Waals surface area contributed by atoms with Crippen molar-refractivity contribution in [2.24, 2.45) is 10.7 Å². The predicted molar refractivity (Wildman–Crippen MR) is 135 cm³/mol. The smallest absolute Gasteiger partial charge is 0.208 e. The number of thioether (sulfide) groups is 1. The molecule has 0 amide bonds. The molecular formula is C23H18BrN5OS2. The van der Waals surface area contributed by atoms with Crippen molar-refractivity contribution in [3.05, 3.63) is 88.1 Å². The molecule has 6 nitrogen and oxygen atoms in total. The van der Waals surface area contributed by atoms with Crippen LogP contribution in [-0.2, 0) is 0 Å². The summed E-state index contributed by atoms with van der Waals surface area (Å²) in [4.78, 5) is 13.9. The van der Waals surface area contributed by atoms with E-state index < -0.39 is 0 Å². The Hall–Kier alpha value is -3.01. The molecule has 0 aliphatic rings. The van der Waals surface area contributed by atoms with Crippen LogP contribution < -0.4 is 10.5 Å². The van der Waals surface area contributed by atoms with Crippen LogP contribution in [-0.4, -0.2) is 26.8 Å². The molecule has 0 spiro atoms. The second-order valence-electron chi connectivity index (χ2n) is 6.51. The molecule has 0 aliphatic heterocycles. The van der Waals surface area contributed by atoms with Crippen molar-refractivity contribution in [3.8, 4) is 22.8 Å². The maximum absolute atomic E-state index is 6.31. The Labute approximate surface area is 203 Å². The van der Waals surface area contributed by atoms with Crippen molar-refractivity contribution in [1.82, 2.24) is 14.5 Å². The monoisotopic (exact) mass is 523 g/mol. The van der Waals surface area contributed by atoms with Gasteiger partial charge in [-0.15, -0.1) is 0 Å². The van der Waals surface area contributed by atoms with E-state index in [1.807, 2.05) is 78.9 Å². The molecule has 1 heterocycles. The maximum Gasteiger partial charge on any atom is 0.208 e. The fourth-order valence-corrected chi connectivity index (χ4v) is 4.29. The third-order valence-electron chi connectivity index (χ3n) is 4.41. The SMILES string of the molecule is COc1ccccc1N=C(N)Sc1nc(-c2ccccc2)nc(=S)n1-c1ccc(Br)cc1. The van der Waals surface area contributed by atoms with Crippen molar-refractivity contribution in [1.29, 1.82) is 0 Å². The van der Waals surface area contributed by atoms with E-state index in [4.69, 9.17) is 27.7 Å². The van der Waals surface area contributed by atoms with Crippen LogP contribution in [0.2, 0.25) is 0 Å². The fourth-order valence-electron chi connectivity index (χ4n) is 2.94. The number of nitrogens with two attached hydrogens (primary N) is 1. The van der Waals surface area contributed by atoms with E-state index >= 15 is 0 Å². The van der Waals surface area contributed by atoms with Crippen LogP contribution in [0, 0.1) is 4.77 Å². The molecule has 2 N–H and O–H groups in total. The van der Waals surface area contributed by atoms with E-state index in [0.29, 0.717) is 32.4 Å². The van der Waals surface area contributed by atoms with Gasteiger partial charge in [0.05, 0.1) is 12.8 Å². The number of aliphatic imine (C=N–C) groups is 1. The van der Waals surface area contributed by atoms with Crippen LogP contribution in [0.1, 0.15) is 0 Å². The van der Waals surface area contributed by atoms with Gasteiger partial charge in [-0.1, -0.05) is 58.4 Å². The highest BCUT2D eigenvalue weighted by molar-refractivity contribution is 9.10. The molecular weight excluding hydrogens is 506 g/mol. The van der Waals surface area contributed by atoms with Gasteiger partial charge in [0.25, 0.3) is 0 Å². The molecule has 32 heavy (non-hydrogen) atoms. The Morgan fingerprint density at radius 1 is 1.00 bits per heavy atom. The minimum absolute atomic E-state index is 0.299. The minimum Gasteiger partial charge on any atom is -0.494 e. The predicted octanol–water partition coefficient (Wildman–Crippen LogP) is 6.17. The maximum atomic E-state index is 6.31. The van der Waals surface area contributed by atoms with Gasteiger partial charge in [0.15, 0.2) is 16.1 Å². The van der Waals surface area contributed by atoms with Gasteiger partial charge in [-0.3, -0.25) is 4.57 Å². The van der Waals surface area contributed by atoms with Crippen molar-refractivity contribution >= 4 is 50.8 Å². The van der Waals surface area contributed by atoms with Crippen molar-refractivity contribution in [2.45, 2.75) is 5.16 Å². The molecule has 0 radical (unpaired) electrons. The highest BCUT2D eigenvalue weighted by atomic mass is 79.9. The zero-order chi connectivity index (χ0) is 22.5. The molecule has 4 aromatic rings. The molecule has 0 fully saturated rings. The summed E-state index contributed by atoms with van der Waals surface area (Å²) >= 11 is 10.3. The van der Waals surface area contributed by atoms with Gasteiger partial charge in [-0.2, -0.15) is 4.98 Å². The second kappa shape index (κ2) is 10.1. The Balaban J connectivity index is 1.82. The average Bonchev–Trinajstić information content (AvgIpc) is 2.80. The number of methoxy groups -OCH3 is 1. The summed E-state index contributed by atoms with van der Waals surface area (Å²) < 4.78 is 8.48. The number of hydrogen-bond donors (Lipinski definition) is 1. The zero-order valence-corrected chi connectivity index (χ0v) is 20.2. The summed E-state index contributed by atoms with van der Waals surface area (Å²) in [5, 5.41) is 0.856. The zero-order valence-electron chi connectivity index (χ0n) is 17.0. The molecule has 0 atom stereocenters. The van der Waals surface area contributed by atoms with E-state index in [1.54, 1.807) is 11.7 Å². The summed E-state index contributed by atoms with van der Waals surface area (Å²) in [7, 11) is 1.60. The van der Waals surface area contributed by atoms with Gasteiger partial charge in [-0.05, 0) is 60.4 Å². The molecule has 9 heteroatoms. The van der Waals surface area contributed by atoms with Crippen molar-refractivity contribution in [3.63, 3.8) is 0 Å². The molecule has 4 rings (SSSR count). The Bertz CT molecular complexity index is 1320. The van der Waals surface area contributed by atoms with E-state index in [9.17, 15) is 0 Å². The van der Waals surface area contributed by atoms with Gasteiger partial charge < -0.3 is 10.5 Å². The molecule has 0 saturated carbocycles. The number of aromatic nitrogens is 3. The first kappa shape index (κ1) is 22.2. The largest absolute Gasteiger partial charge is 0.494 e. The number of hydrogen-bond acceptors (Lipinski definition) is 6. The number of nitrogens with zero attached hydrogens (tertiary/aromatic N) is 4. The standard InChI is InChI=1S/C23H18BrN5OS2/c1-30-19-10-6-5-9-18(19)26-21(25)32-23-28-20(15-7-3-2-4-8-15)27-22(31)29(23)17-13-11-16(24)12-14-17/h2-14H,1H3,(H2,25,26). The number of rotatable bonds is 5. The quantitative estimate of drug-likeness (QED) is 0.146. The van der Waals surface area contributed by atoms with Crippen LogP contribution in [0.3, 0.4) is 0 Å². The van der Waals surface area contributed by atoms with Gasteiger partial charge in [-0.25, -0.2) is 9.98 Å². The van der Waals surface area contributed by atoms with Crippen molar-refractivity contribution < 1.29 is 4.74 Å². The summed E-state index contributed by atoms with van der Waals surface area (Å²) in [6.45, 7) is 0. The summed E-state index contributed by atoms with van der Waals surface area (Å²) in [5.41, 5.74) is 8.63. The molecule has 1 aromatic heterocycles. The number of halogens is 1. The topological polar surface area (TPSA) is 78.3 Å². The van der Waals surface area contributed by atoms with Crippen LogP contribution in [0.25, 0.3) is 17.1 Å². The molecule has 3 aromatic carbocycles. The van der Waals surface area contributed by atoms with Gasteiger partial charge in [0.1, 0.15) is 11.4 Å². The van der Waals surface area contributed by atoms with E-state index in [1.165, 1.54) is 11.8 Å². The van der Waals surface area contributed by atoms with Gasteiger partial charge in [0.2, 0.25) is 4.77 Å². The first-order chi connectivity index (χ1) is 15.5. The Morgan fingerprint density at radius 2 is 1.69 bits per heavy atom. The number of ether oxygens (including phenoxy) is 1. The van der Waals surface area contributed by atoms with Crippen LogP contribution in [0.15, 0.2) is 93.5 Å². The molecule has 0 saturated heterocycles.